The van der Waals surface area contributed by atoms with Gasteiger partial charge in [-0.25, -0.2) is 0 Å². The second-order valence-corrected chi connectivity index (χ2v) is 4.99. The molecular weight excluding hydrogens is 188 g/mol. The van der Waals surface area contributed by atoms with E-state index in [1.165, 1.54) is 12.8 Å². The Balaban J connectivity index is 2.56. The van der Waals surface area contributed by atoms with Gasteiger partial charge >= 0.3 is 0 Å². The molecule has 88 valence electrons. The Morgan fingerprint density at radius 1 is 1.40 bits per heavy atom. The fourth-order valence-electron chi connectivity index (χ4n) is 2.10. The molecule has 1 N–H and O–H groups in total. The molecule has 0 aromatic rings. The third kappa shape index (κ3) is 3.49. The summed E-state index contributed by atoms with van der Waals surface area (Å²) in [6.07, 6.45) is 4.20. The highest BCUT2D eigenvalue weighted by molar-refractivity contribution is 5.77. The van der Waals surface area contributed by atoms with E-state index < -0.39 is 0 Å². The van der Waals surface area contributed by atoms with Gasteiger partial charge in [0.25, 0.3) is 0 Å². The van der Waals surface area contributed by atoms with Crippen molar-refractivity contribution in [2.45, 2.75) is 52.0 Å². The van der Waals surface area contributed by atoms with E-state index in [1.54, 1.807) is 0 Å². The monoisotopic (exact) mass is 212 g/mol. The number of unbranched alkanes of at least 4 members (excludes halogenated alkanes) is 2. The van der Waals surface area contributed by atoms with Gasteiger partial charge in [0.05, 0.1) is 0 Å². The summed E-state index contributed by atoms with van der Waals surface area (Å²) in [7, 11) is 0. The van der Waals surface area contributed by atoms with Crippen LogP contribution in [0.4, 0.5) is 0 Å². The molecule has 1 heterocycles. The summed E-state index contributed by atoms with van der Waals surface area (Å²) >= 11 is 0. The van der Waals surface area contributed by atoms with Crippen LogP contribution in [-0.4, -0.2) is 36.0 Å². The summed E-state index contributed by atoms with van der Waals surface area (Å²) in [5.74, 6) is 0.307. The summed E-state index contributed by atoms with van der Waals surface area (Å²) in [5, 5.41) is 3.33. The highest BCUT2D eigenvalue weighted by Crippen LogP contribution is 2.18. The van der Waals surface area contributed by atoms with Gasteiger partial charge in [-0.1, -0.05) is 19.8 Å². The molecule has 3 heteroatoms. The molecule has 0 aromatic carbocycles. The molecule has 0 aliphatic carbocycles. The van der Waals surface area contributed by atoms with Gasteiger partial charge in [-0.15, -0.1) is 0 Å². The van der Waals surface area contributed by atoms with Gasteiger partial charge in [0.2, 0.25) is 5.91 Å². The molecule has 0 saturated carbocycles. The highest BCUT2D eigenvalue weighted by atomic mass is 16.2. The van der Waals surface area contributed by atoms with Gasteiger partial charge in [-0.3, -0.25) is 4.79 Å². The maximum atomic E-state index is 11.9. The first kappa shape index (κ1) is 12.5. The predicted molar refractivity (Wildman–Crippen MR) is 62.8 cm³/mol. The normalized spacial score (nSPS) is 21.5. The van der Waals surface area contributed by atoms with E-state index in [0.717, 1.165) is 26.1 Å². The number of nitrogens with zero attached hydrogens (tertiary/aromatic N) is 1. The Bertz CT molecular complexity index is 214. The van der Waals surface area contributed by atoms with Crippen molar-refractivity contribution >= 4 is 5.91 Å². The molecule has 1 amide bonds. The van der Waals surface area contributed by atoms with E-state index >= 15 is 0 Å². The predicted octanol–water partition coefficient (Wildman–Crippen LogP) is 1.78. The molecular formula is C12H24N2O. The van der Waals surface area contributed by atoms with Crippen molar-refractivity contribution in [3.05, 3.63) is 0 Å². The molecule has 1 fully saturated rings. The van der Waals surface area contributed by atoms with Crippen LogP contribution in [0, 0.1) is 0 Å². The van der Waals surface area contributed by atoms with Gasteiger partial charge < -0.3 is 10.2 Å². The Morgan fingerprint density at radius 3 is 2.80 bits per heavy atom. The van der Waals surface area contributed by atoms with Crippen molar-refractivity contribution in [3.63, 3.8) is 0 Å². The average Bonchev–Trinajstić information content (AvgIpc) is 2.29. The second kappa shape index (κ2) is 5.50. The number of hydrogen-bond acceptors (Lipinski definition) is 2. The van der Waals surface area contributed by atoms with Crippen LogP contribution in [0.2, 0.25) is 0 Å². The van der Waals surface area contributed by atoms with E-state index in [0.29, 0.717) is 12.3 Å². The van der Waals surface area contributed by atoms with E-state index in [1.807, 2.05) is 0 Å². The third-order valence-electron chi connectivity index (χ3n) is 3.09. The Morgan fingerprint density at radius 2 is 2.13 bits per heavy atom. The largest absolute Gasteiger partial charge is 0.336 e. The lowest BCUT2D eigenvalue weighted by Gasteiger charge is -2.37. The minimum atomic E-state index is -0.0265. The molecule has 0 atom stereocenters. The quantitative estimate of drug-likeness (QED) is 0.720. The molecule has 3 nitrogen and oxygen atoms in total. The third-order valence-corrected chi connectivity index (χ3v) is 3.09. The van der Waals surface area contributed by atoms with E-state index in [-0.39, 0.29) is 5.54 Å². The van der Waals surface area contributed by atoms with Gasteiger partial charge in [0.15, 0.2) is 0 Å². The summed E-state index contributed by atoms with van der Waals surface area (Å²) < 4.78 is 0. The number of amides is 1. The maximum absolute atomic E-state index is 11.9. The zero-order valence-electron chi connectivity index (χ0n) is 10.3. The lowest BCUT2D eigenvalue weighted by atomic mass is 10.0. The van der Waals surface area contributed by atoms with Crippen LogP contribution in [0.15, 0.2) is 0 Å². The minimum absolute atomic E-state index is 0.0265. The number of carbonyl (C=O) groups excluding carboxylic acids is 1. The first-order chi connectivity index (χ1) is 7.08. The summed E-state index contributed by atoms with van der Waals surface area (Å²) in [6, 6.07) is 0. The van der Waals surface area contributed by atoms with Gasteiger partial charge in [0.1, 0.15) is 0 Å². The van der Waals surface area contributed by atoms with Crippen molar-refractivity contribution in [2.75, 3.05) is 19.6 Å². The van der Waals surface area contributed by atoms with Crippen LogP contribution in [0.3, 0.4) is 0 Å². The molecule has 15 heavy (non-hydrogen) atoms. The highest BCUT2D eigenvalue weighted by Gasteiger charge is 2.31. The first-order valence-corrected chi connectivity index (χ1v) is 6.09. The van der Waals surface area contributed by atoms with Crippen LogP contribution in [0.25, 0.3) is 0 Å². The van der Waals surface area contributed by atoms with Crippen molar-refractivity contribution in [2.24, 2.45) is 0 Å². The molecule has 1 aliphatic rings. The Hall–Kier alpha value is -0.570. The Labute approximate surface area is 93.2 Å². The van der Waals surface area contributed by atoms with Crippen molar-refractivity contribution in [1.82, 2.24) is 10.2 Å². The molecule has 1 aliphatic heterocycles. The van der Waals surface area contributed by atoms with E-state index in [2.05, 4.69) is 31.0 Å². The number of hydrogen-bond donors (Lipinski definition) is 1. The molecule has 0 unspecified atom stereocenters. The van der Waals surface area contributed by atoms with Crippen LogP contribution in [0.1, 0.15) is 46.5 Å². The van der Waals surface area contributed by atoms with Crippen LogP contribution in [0.5, 0.6) is 0 Å². The number of nitrogens with one attached hydrogen (secondary N) is 1. The molecule has 0 aromatic heterocycles. The van der Waals surface area contributed by atoms with Crippen molar-refractivity contribution < 1.29 is 4.79 Å². The SMILES string of the molecule is CCCCCN1C(=O)CCNCC1(C)C. The minimum Gasteiger partial charge on any atom is -0.336 e. The molecule has 0 radical (unpaired) electrons. The lowest BCUT2D eigenvalue weighted by Crippen LogP contribution is -2.50. The lowest BCUT2D eigenvalue weighted by molar-refractivity contribution is -0.135. The zero-order valence-corrected chi connectivity index (χ0v) is 10.3. The molecule has 0 bridgehead atoms. The van der Waals surface area contributed by atoms with Crippen molar-refractivity contribution in [3.8, 4) is 0 Å². The topological polar surface area (TPSA) is 32.3 Å². The van der Waals surface area contributed by atoms with Crippen molar-refractivity contribution in [1.29, 1.82) is 0 Å². The summed E-state index contributed by atoms with van der Waals surface area (Å²) in [4.78, 5) is 14.0. The standard InChI is InChI=1S/C12H24N2O/c1-4-5-6-9-14-11(15)7-8-13-10-12(14,2)3/h13H,4-10H2,1-3H3. The average molecular weight is 212 g/mol. The first-order valence-electron chi connectivity index (χ1n) is 6.09. The summed E-state index contributed by atoms with van der Waals surface area (Å²) in [6.45, 7) is 9.14. The molecule has 1 rings (SSSR count). The number of rotatable bonds is 4. The van der Waals surface area contributed by atoms with Crippen LogP contribution in [-0.2, 0) is 4.79 Å². The second-order valence-electron chi connectivity index (χ2n) is 4.99. The molecule has 0 spiro atoms. The van der Waals surface area contributed by atoms with Gasteiger partial charge in [0, 0.05) is 31.6 Å². The molecule has 1 saturated heterocycles. The van der Waals surface area contributed by atoms with E-state index in [9.17, 15) is 4.79 Å². The summed E-state index contributed by atoms with van der Waals surface area (Å²) in [5.41, 5.74) is -0.0265. The smallest absolute Gasteiger partial charge is 0.224 e. The van der Waals surface area contributed by atoms with Crippen LogP contribution < -0.4 is 5.32 Å². The number of carbonyl (C=O) groups is 1. The zero-order chi connectivity index (χ0) is 11.3. The fraction of sp³-hybridized carbons (Fsp3) is 0.917. The fourth-order valence-corrected chi connectivity index (χ4v) is 2.10. The maximum Gasteiger partial charge on any atom is 0.224 e. The van der Waals surface area contributed by atoms with Crippen LogP contribution >= 0.6 is 0 Å². The van der Waals surface area contributed by atoms with Gasteiger partial charge in [-0.05, 0) is 20.3 Å². The van der Waals surface area contributed by atoms with E-state index in [4.69, 9.17) is 0 Å². The van der Waals surface area contributed by atoms with Gasteiger partial charge in [-0.2, -0.15) is 0 Å². The Kier molecular flexibility index (Phi) is 4.58.